The predicted molar refractivity (Wildman–Crippen MR) is 196 cm³/mol. The maximum atomic E-state index is 10.6. The molecule has 0 bridgehead atoms. The van der Waals surface area contributed by atoms with E-state index in [9.17, 15) is 5.11 Å². The molecule has 0 atom stereocenters. The smallest absolute Gasteiger partial charge is 0.144 e. The van der Waals surface area contributed by atoms with Crippen molar-refractivity contribution in [3.63, 3.8) is 0 Å². The summed E-state index contributed by atoms with van der Waals surface area (Å²) in [6.07, 6.45) is 26.4. The van der Waals surface area contributed by atoms with Crippen LogP contribution in [0.2, 0.25) is 0 Å². The van der Waals surface area contributed by atoms with Crippen LogP contribution in [0.1, 0.15) is 137 Å². The lowest BCUT2D eigenvalue weighted by atomic mass is 9.70. The Balaban J connectivity index is 1.52. The molecule has 1 heterocycles. The number of fused-ring (bicyclic) bond motifs is 4. The summed E-state index contributed by atoms with van der Waals surface area (Å²) in [5, 5.41) is 11.6. The van der Waals surface area contributed by atoms with Gasteiger partial charge in [-0.25, -0.2) is 0 Å². The summed E-state index contributed by atoms with van der Waals surface area (Å²) in [5.41, 5.74) is 10.9. The first-order chi connectivity index (χ1) is 22.0. The second-order valence-corrected chi connectivity index (χ2v) is 13.3. The number of phenolic OH excluding ortho intramolecular Hbond substituents is 1. The van der Waals surface area contributed by atoms with Crippen LogP contribution in [0.15, 0.2) is 67.4 Å². The van der Waals surface area contributed by atoms with Crippen molar-refractivity contribution in [1.29, 1.82) is 0 Å². The molecule has 236 valence electrons. The van der Waals surface area contributed by atoms with Crippen LogP contribution in [0, 0.1) is 6.92 Å². The summed E-state index contributed by atoms with van der Waals surface area (Å²) >= 11 is 0. The Morgan fingerprint density at radius 3 is 1.91 bits per heavy atom. The number of unbranched alkanes of at least 4 members (excludes halogenated alkanes) is 10. The van der Waals surface area contributed by atoms with Crippen molar-refractivity contribution in [2.24, 2.45) is 0 Å². The van der Waals surface area contributed by atoms with Crippen molar-refractivity contribution >= 4 is 29.1 Å². The van der Waals surface area contributed by atoms with Crippen molar-refractivity contribution in [3.8, 4) is 16.9 Å². The van der Waals surface area contributed by atoms with E-state index in [2.05, 4.69) is 80.0 Å². The number of benzene rings is 3. The molecule has 0 amide bonds. The van der Waals surface area contributed by atoms with Crippen LogP contribution in [0.3, 0.4) is 0 Å². The second-order valence-electron chi connectivity index (χ2n) is 13.3. The lowest BCUT2D eigenvalue weighted by Gasteiger charge is -2.33. The third kappa shape index (κ3) is 7.27. The number of aromatic hydroxyl groups is 1. The molecule has 3 aromatic carbocycles. The first-order valence-electron chi connectivity index (χ1n) is 17.7. The van der Waals surface area contributed by atoms with Gasteiger partial charge < -0.3 is 5.11 Å². The zero-order valence-corrected chi connectivity index (χ0v) is 28.0. The summed E-state index contributed by atoms with van der Waals surface area (Å²) in [7, 11) is 0. The van der Waals surface area contributed by atoms with E-state index in [1.165, 1.54) is 123 Å². The highest BCUT2D eigenvalue weighted by molar-refractivity contribution is 5.95. The number of hydrogen-bond acceptors (Lipinski definition) is 2. The van der Waals surface area contributed by atoms with Crippen molar-refractivity contribution in [3.05, 3.63) is 101 Å². The molecule has 0 saturated carbocycles. The highest BCUT2D eigenvalue weighted by Crippen LogP contribution is 2.55. The SMILES string of the molecule is C=Cc1ccc2c(c1)C(CCCCCCCC)(CCCCCCCC)c1cc(/C=C/c3cc(C)c(O)c4ncccc34)ccc1-2. The fourth-order valence-corrected chi connectivity index (χ4v) is 7.56. The zero-order valence-electron chi connectivity index (χ0n) is 28.0. The van der Waals surface area contributed by atoms with Crippen LogP contribution >= 0.6 is 0 Å². The van der Waals surface area contributed by atoms with Gasteiger partial charge in [0.1, 0.15) is 11.3 Å². The van der Waals surface area contributed by atoms with Crippen LogP contribution in [0.5, 0.6) is 5.75 Å². The molecule has 45 heavy (non-hydrogen) atoms. The van der Waals surface area contributed by atoms with Crippen LogP contribution in [-0.4, -0.2) is 10.1 Å². The number of aryl methyl sites for hydroxylation is 1. The van der Waals surface area contributed by atoms with E-state index in [1.54, 1.807) is 6.20 Å². The van der Waals surface area contributed by atoms with Gasteiger partial charge in [0.15, 0.2) is 0 Å². The first-order valence-corrected chi connectivity index (χ1v) is 17.7. The van der Waals surface area contributed by atoms with E-state index < -0.39 is 0 Å². The van der Waals surface area contributed by atoms with Crippen molar-refractivity contribution in [1.82, 2.24) is 4.98 Å². The molecule has 0 saturated heterocycles. The Kier molecular flexibility index (Phi) is 11.3. The number of phenols is 1. The van der Waals surface area contributed by atoms with Crippen LogP contribution < -0.4 is 0 Å². The summed E-state index contributed by atoms with van der Waals surface area (Å²) in [6.45, 7) is 10.7. The minimum atomic E-state index is 0.0365. The zero-order chi connectivity index (χ0) is 31.6. The molecule has 0 aliphatic heterocycles. The average Bonchev–Trinajstić information content (AvgIpc) is 3.33. The predicted octanol–water partition coefficient (Wildman–Crippen LogP) is 12.8. The van der Waals surface area contributed by atoms with Gasteiger partial charge in [-0.05, 0) is 76.4 Å². The van der Waals surface area contributed by atoms with E-state index in [0.717, 1.165) is 16.5 Å². The van der Waals surface area contributed by atoms with Crippen LogP contribution in [0.25, 0.3) is 40.3 Å². The molecule has 0 radical (unpaired) electrons. The Bertz CT molecular complexity index is 1610. The fraction of sp³-hybridized carbons (Fsp3) is 0.419. The fourth-order valence-electron chi connectivity index (χ4n) is 7.56. The van der Waals surface area contributed by atoms with Gasteiger partial charge in [-0.2, -0.15) is 0 Å². The molecule has 2 nitrogen and oxygen atoms in total. The summed E-state index contributed by atoms with van der Waals surface area (Å²) in [4.78, 5) is 4.47. The maximum Gasteiger partial charge on any atom is 0.144 e. The van der Waals surface area contributed by atoms with E-state index in [0.29, 0.717) is 5.52 Å². The van der Waals surface area contributed by atoms with Crippen LogP contribution in [-0.2, 0) is 5.41 Å². The van der Waals surface area contributed by atoms with Gasteiger partial charge in [-0.1, -0.05) is 158 Å². The monoisotopic (exact) mass is 599 g/mol. The molecule has 1 N–H and O–H groups in total. The summed E-state index contributed by atoms with van der Waals surface area (Å²) in [6, 6.07) is 20.2. The van der Waals surface area contributed by atoms with Gasteiger partial charge in [0.2, 0.25) is 0 Å². The first kappa shape index (κ1) is 32.7. The van der Waals surface area contributed by atoms with E-state index in [4.69, 9.17) is 0 Å². The molecule has 5 rings (SSSR count). The Morgan fingerprint density at radius 2 is 1.29 bits per heavy atom. The Morgan fingerprint density at radius 1 is 0.711 bits per heavy atom. The highest BCUT2D eigenvalue weighted by atomic mass is 16.3. The lowest BCUT2D eigenvalue weighted by molar-refractivity contribution is 0.398. The minimum absolute atomic E-state index is 0.0365. The third-order valence-corrected chi connectivity index (χ3v) is 10.1. The molecule has 2 heteroatoms. The second kappa shape index (κ2) is 15.6. The summed E-state index contributed by atoms with van der Waals surface area (Å²) in [5.74, 6) is 0.270. The standard InChI is InChI=1S/C43H53NO/c1-5-8-10-12-14-16-26-43(27-17-15-13-11-9-6-2)39-30-33(7-3)21-24-37(39)38-25-22-34(31-40(38)43)20-23-35-29-32(4)42(45)41-36(35)19-18-28-44-41/h7,18-25,28-31,45H,3,5-6,8-17,26-27H2,1-2,4H3/b23-20+. The molecule has 0 spiro atoms. The Hall–Kier alpha value is -3.65. The molecule has 1 aliphatic carbocycles. The van der Waals surface area contributed by atoms with Crippen molar-refractivity contribution < 1.29 is 5.11 Å². The maximum absolute atomic E-state index is 10.6. The Labute approximate surface area is 272 Å². The average molecular weight is 600 g/mol. The minimum Gasteiger partial charge on any atom is -0.505 e. The van der Waals surface area contributed by atoms with Gasteiger partial charge in [0.05, 0.1) is 0 Å². The van der Waals surface area contributed by atoms with E-state index >= 15 is 0 Å². The van der Waals surface area contributed by atoms with Gasteiger partial charge in [0, 0.05) is 17.0 Å². The molecule has 4 aromatic rings. The third-order valence-electron chi connectivity index (χ3n) is 10.1. The molecule has 0 unspecified atom stereocenters. The van der Waals surface area contributed by atoms with Crippen LogP contribution in [0.4, 0.5) is 0 Å². The highest BCUT2D eigenvalue weighted by Gasteiger charge is 2.42. The van der Waals surface area contributed by atoms with Gasteiger partial charge in [-0.15, -0.1) is 0 Å². The van der Waals surface area contributed by atoms with E-state index in [-0.39, 0.29) is 11.2 Å². The molecule has 0 fully saturated rings. The van der Waals surface area contributed by atoms with Crippen molar-refractivity contribution in [2.45, 2.75) is 116 Å². The number of rotatable bonds is 17. The van der Waals surface area contributed by atoms with Gasteiger partial charge >= 0.3 is 0 Å². The molecular weight excluding hydrogens is 546 g/mol. The summed E-state index contributed by atoms with van der Waals surface area (Å²) < 4.78 is 0. The largest absolute Gasteiger partial charge is 0.505 e. The number of nitrogens with zero attached hydrogens (tertiary/aromatic N) is 1. The van der Waals surface area contributed by atoms with Crippen molar-refractivity contribution in [2.75, 3.05) is 0 Å². The van der Waals surface area contributed by atoms with Gasteiger partial charge in [0.25, 0.3) is 0 Å². The number of pyridine rings is 1. The number of hydrogen-bond donors (Lipinski definition) is 1. The number of aromatic nitrogens is 1. The molecule has 1 aromatic heterocycles. The van der Waals surface area contributed by atoms with Gasteiger partial charge in [-0.3, -0.25) is 4.98 Å². The lowest BCUT2D eigenvalue weighted by Crippen LogP contribution is -2.25. The quantitative estimate of drug-likeness (QED) is 0.0967. The molecular formula is C43H53NO. The topological polar surface area (TPSA) is 33.1 Å². The van der Waals surface area contributed by atoms with E-state index in [1.807, 2.05) is 25.1 Å². The normalized spacial score (nSPS) is 13.4. The molecule has 1 aliphatic rings.